The third-order valence-electron chi connectivity index (χ3n) is 3.25. The van der Waals surface area contributed by atoms with Crippen molar-refractivity contribution in [2.24, 2.45) is 5.84 Å². The van der Waals surface area contributed by atoms with Gasteiger partial charge < -0.3 is 10.2 Å². The van der Waals surface area contributed by atoms with E-state index >= 15 is 0 Å². The van der Waals surface area contributed by atoms with Crippen LogP contribution >= 0.6 is 0 Å². The molecule has 0 heterocycles. The molecule has 1 rings (SSSR count). The summed E-state index contributed by atoms with van der Waals surface area (Å²) in [6.07, 6.45) is 6.67. The minimum Gasteiger partial charge on any atom is -0.354 e. The topological polar surface area (TPSA) is 70.4 Å². The number of hydrogen-bond donors (Lipinski definition) is 3. The van der Waals surface area contributed by atoms with Gasteiger partial charge in [0.25, 0.3) is 0 Å². The molecule has 0 aromatic rings. The average molecular weight is 228 g/mol. The van der Waals surface area contributed by atoms with E-state index in [2.05, 4.69) is 22.7 Å². The molecule has 94 valence electrons. The van der Waals surface area contributed by atoms with Gasteiger partial charge in [0.15, 0.2) is 0 Å². The molecule has 0 aromatic heterocycles. The summed E-state index contributed by atoms with van der Waals surface area (Å²) in [5.41, 5.74) is 2.34. The standard InChI is InChI=1S/C11H24N4O/c1-15(10-5-3-2-4-6-10)8-7-13-11(16)9-14-12/h10,14H,2-9,12H2,1H3,(H,13,16). The van der Waals surface area contributed by atoms with Crippen LogP contribution in [0.15, 0.2) is 0 Å². The zero-order chi connectivity index (χ0) is 11.8. The molecule has 0 bridgehead atoms. The second-order valence-electron chi connectivity index (χ2n) is 4.50. The smallest absolute Gasteiger partial charge is 0.235 e. The third-order valence-corrected chi connectivity index (χ3v) is 3.25. The molecule has 0 radical (unpaired) electrons. The summed E-state index contributed by atoms with van der Waals surface area (Å²) in [5.74, 6) is 5.01. The quantitative estimate of drug-likeness (QED) is 0.436. The van der Waals surface area contributed by atoms with Crippen LogP contribution in [0.3, 0.4) is 0 Å². The molecule has 16 heavy (non-hydrogen) atoms. The molecule has 1 aliphatic carbocycles. The van der Waals surface area contributed by atoms with Gasteiger partial charge in [-0.1, -0.05) is 19.3 Å². The maximum atomic E-state index is 11.1. The van der Waals surface area contributed by atoms with Crippen LogP contribution in [-0.2, 0) is 4.79 Å². The van der Waals surface area contributed by atoms with Gasteiger partial charge in [0.2, 0.25) is 5.91 Å². The summed E-state index contributed by atoms with van der Waals surface area (Å²) in [4.78, 5) is 13.5. The monoisotopic (exact) mass is 228 g/mol. The fourth-order valence-corrected chi connectivity index (χ4v) is 2.23. The molecule has 0 aliphatic heterocycles. The van der Waals surface area contributed by atoms with Crippen LogP contribution in [0.4, 0.5) is 0 Å². The zero-order valence-corrected chi connectivity index (χ0v) is 10.2. The Balaban J connectivity index is 2.09. The van der Waals surface area contributed by atoms with E-state index in [4.69, 9.17) is 5.84 Å². The Bertz CT molecular complexity index is 204. The lowest BCUT2D eigenvalue weighted by atomic mass is 9.94. The van der Waals surface area contributed by atoms with E-state index in [0.717, 1.165) is 6.54 Å². The van der Waals surface area contributed by atoms with Crippen LogP contribution in [0.25, 0.3) is 0 Å². The Morgan fingerprint density at radius 1 is 1.38 bits per heavy atom. The number of nitrogens with one attached hydrogen (secondary N) is 2. The lowest BCUT2D eigenvalue weighted by Crippen LogP contribution is -2.42. The van der Waals surface area contributed by atoms with Gasteiger partial charge in [-0.2, -0.15) is 0 Å². The minimum absolute atomic E-state index is 0.0421. The molecule has 0 aromatic carbocycles. The van der Waals surface area contributed by atoms with Crippen molar-refractivity contribution < 1.29 is 4.79 Å². The summed E-state index contributed by atoms with van der Waals surface area (Å²) >= 11 is 0. The number of nitrogens with two attached hydrogens (primary N) is 1. The second-order valence-corrected chi connectivity index (χ2v) is 4.50. The largest absolute Gasteiger partial charge is 0.354 e. The highest BCUT2D eigenvalue weighted by Gasteiger charge is 2.17. The first kappa shape index (κ1) is 13.4. The number of hydrogen-bond acceptors (Lipinski definition) is 4. The van der Waals surface area contributed by atoms with Gasteiger partial charge in [0.05, 0.1) is 6.54 Å². The van der Waals surface area contributed by atoms with Gasteiger partial charge in [-0.15, -0.1) is 0 Å². The van der Waals surface area contributed by atoms with E-state index in [9.17, 15) is 4.79 Å². The molecule has 5 nitrogen and oxygen atoms in total. The number of amides is 1. The number of hydrazine groups is 1. The lowest BCUT2D eigenvalue weighted by Gasteiger charge is -2.31. The Morgan fingerprint density at radius 2 is 2.06 bits per heavy atom. The van der Waals surface area contributed by atoms with Crippen molar-refractivity contribution in [3.63, 3.8) is 0 Å². The molecular formula is C11H24N4O. The normalized spacial score (nSPS) is 17.7. The summed E-state index contributed by atoms with van der Waals surface area (Å²) in [6.45, 7) is 1.81. The first-order valence-corrected chi connectivity index (χ1v) is 6.14. The molecule has 1 saturated carbocycles. The second kappa shape index (κ2) is 7.60. The molecular weight excluding hydrogens is 204 g/mol. The molecule has 1 fully saturated rings. The first-order chi connectivity index (χ1) is 7.74. The number of carbonyl (C=O) groups is 1. The Labute approximate surface area is 97.7 Å². The van der Waals surface area contributed by atoms with Crippen LogP contribution < -0.4 is 16.6 Å². The Kier molecular flexibility index (Phi) is 6.37. The van der Waals surface area contributed by atoms with Crippen LogP contribution in [-0.4, -0.2) is 43.5 Å². The van der Waals surface area contributed by atoms with Crippen molar-refractivity contribution in [3.05, 3.63) is 0 Å². The van der Waals surface area contributed by atoms with Gasteiger partial charge in [-0.25, -0.2) is 0 Å². The fourth-order valence-electron chi connectivity index (χ4n) is 2.23. The van der Waals surface area contributed by atoms with Gasteiger partial charge in [-0.3, -0.25) is 16.1 Å². The van der Waals surface area contributed by atoms with E-state index in [-0.39, 0.29) is 12.5 Å². The van der Waals surface area contributed by atoms with Crippen LogP contribution in [0.1, 0.15) is 32.1 Å². The van der Waals surface area contributed by atoms with Gasteiger partial charge >= 0.3 is 0 Å². The molecule has 0 atom stereocenters. The SMILES string of the molecule is CN(CCNC(=O)CNN)C1CCCCC1. The molecule has 0 unspecified atom stereocenters. The minimum atomic E-state index is -0.0421. The van der Waals surface area contributed by atoms with E-state index in [1.807, 2.05) is 0 Å². The van der Waals surface area contributed by atoms with Crippen molar-refractivity contribution in [2.45, 2.75) is 38.1 Å². The number of nitrogens with zero attached hydrogens (tertiary/aromatic N) is 1. The Hall–Kier alpha value is -0.650. The Morgan fingerprint density at radius 3 is 2.69 bits per heavy atom. The molecule has 0 saturated heterocycles. The van der Waals surface area contributed by atoms with Gasteiger partial charge in [-0.05, 0) is 19.9 Å². The summed E-state index contributed by atoms with van der Waals surface area (Å²) in [7, 11) is 2.14. The molecule has 1 amide bonds. The van der Waals surface area contributed by atoms with Crippen LogP contribution in [0.5, 0.6) is 0 Å². The first-order valence-electron chi connectivity index (χ1n) is 6.14. The molecule has 0 spiro atoms. The number of carbonyl (C=O) groups excluding carboxylic acids is 1. The van der Waals surface area contributed by atoms with Crippen molar-refractivity contribution in [3.8, 4) is 0 Å². The van der Waals surface area contributed by atoms with E-state index < -0.39 is 0 Å². The molecule has 4 N–H and O–H groups in total. The van der Waals surface area contributed by atoms with E-state index in [1.54, 1.807) is 0 Å². The highest BCUT2D eigenvalue weighted by Crippen LogP contribution is 2.20. The van der Waals surface area contributed by atoms with E-state index in [1.165, 1.54) is 32.1 Å². The molecule has 5 heteroatoms. The van der Waals surface area contributed by atoms with Crippen molar-refractivity contribution in [1.29, 1.82) is 0 Å². The van der Waals surface area contributed by atoms with Crippen LogP contribution in [0.2, 0.25) is 0 Å². The predicted molar refractivity (Wildman–Crippen MR) is 64.7 cm³/mol. The van der Waals surface area contributed by atoms with Crippen LogP contribution in [0, 0.1) is 0 Å². The summed E-state index contributed by atoms with van der Waals surface area (Å²) < 4.78 is 0. The van der Waals surface area contributed by atoms with Gasteiger partial charge in [0.1, 0.15) is 0 Å². The predicted octanol–water partition coefficient (Wildman–Crippen LogP) is -0.170. The fraction of sp³-hybridized carbons (Fsp3) is 0.909. The summed E-state index contributed by atoms with van der Waals surface area (Å²) in [6, 6.07) is 0.707. The highest BCUT2D eigenvalue weighted by atomic mass is 16.1. The summed E-state index contributed by atoms with van der Waals surface area (Å²) in [5, 5.41) is 2.83. The zero-order valence-electron chi connectivity index (χ0n) is 10.2. The van der Waals surface area contributed by atoms with Crippen molar-refractivity contribution in [2.75, 3.05) is 26.7 Å². The highest BCUT2D eigenvalue weighted by molar-refractivity contribution is 5.77. The maximum absolute atomic E-state index is 11.1. The maximum Gasteiger partial charge on any atom is 0.235 e. The lowest BCUT2D eigenvalue weighted by molar-refractivity contribution is -0.120. The van der Waals surface area contributed by atoms with E-state index in [0.29, 0.717) is 12.6 Å². The van der Waals surface area contributed by atoms with Crippen molar-refractivity contribution >= 4 is 5.91 Å². The average Bonchev–Trinajstić information content (AvgIpc) is 2.30. The van der Waals surface area contributed by atoms with Gasteiger partial charge in [0, 0.05) is 19.1 Å². The van der Waals surface area contributed by atoms with Crippen molar-refractivity contribution in [1.82, 2.24) is 15.6 Å². The number of likely N-dealkylation sites (N-methyl/N-ethyl adjacent to an activating group) is 1. The third kappa shape index (κ3) is 4.92. The number of rotatable bonds is 6. The molecule has 1 aliphatic rings.